The van der Waals surface area contributed by atoms with Crippen molar-refractivity contribution in [2.24, 2.45) is 0 Å². The fourth-order valence-electron chi connectivity index (χ4n) is 4.02. The van der Waals surface area contributed by atoms with Gasteiger partial charge in [0, 0.05) is 19.4 Å². The van der Waals surface area contributed by atoms with Crippen LogP contribution in [0, 0.1) is 0 Å². The van der Waals surface area contributed by atoms with E-state index in [9.17, 15) is 24.2 Å². The number of esters is 1. The topological polar surface area (TPSA) is 131 Å². The molecule has 0 aromatic heterocycles. The lowest BCUT2D eigenvalue weighted by Gasteiger charge is -2.15. The van der Waals surface area contributed by atoms with Gasteiger partial charge in [-0.15, -0.1) is 0 Å². The van der Waals surface area contributed by atoms with Crippen LogP contribution in [0.4, 0.5) is 0 Å². The van der Waals surface area contributed by atoms with E-state index in [0.717, 1.165) is 70.6 Å². The zero-order valence-electron chi connectivity index (χ0n) is 25.3. The summed E-state index contributed by atoms with van der Waals surface area (Å²) >= 11 is 0. The van der Waals surface area contributed by atoms with Gasteiger partial charge in [-0.3, -0.25) is 18.6 Å². The third kappa shape index (κ3) is 28.3. The maximum absolute atomic E-state index is 11.9. The van der Waals surface area contributed by atoms with E-state index in [1.807, 2.05) is 0 Å². The highest BCUT2D eigenvalue weighted by molar-refractivity contribution is 7.47. The van der Waals surface area contributed by atoms with E-state index in [1.165, 1.54) is 38.5 Å². The number of hydrogen-bond donors (Lipinski definition) is 3. The number of aliphatic hydroxyl groups is 1. The number of allylic oxidation sites excluding steroid dienone is 2. The van der Waals surface area contributed by atoms with Crippen LogP contribution in [-0.4, -0.2) is 54.3 Å². The molecule has 0 fully saturated rings. The number of hydrogen-bond acceptors (Lipinski definition) is 7. The zero-order chi connectivity index (χ0) is 29.7. The van der Waals surface area contributed by atoms with E-state index in [1.54, 1.807) is 0 Å². The van der Waals surface area contributed by atoms with Gasteiger partial charge in [-0.1, -0.05) is 96.6 Å². The zero-order valence-corrected chi connectivity index (χ0v) is 26.2. The Bertz CT molecular complexity index is 689. The van der Waals surface area contributed by atoms with Crippen molar-refractivity contribution >= 4 is 19.7 Å². The Morgan fingerprint density at radius 2 is 1.27 bits per heavy atom. The Morgan fingerprint density at radius 1 is 0.750 bits per heavy atom. The highest BCUT2D eigenvalue weighted by atomic mass is 31.2. The van der Waals surface area contributed by atoms with Crippen LogP contribution < -0.4 is 5.32 Å². The first-order valence-electron chi connectivity index (χ1n) is 15.7. The molecule has 0 bridgehead atoms. The Morgan fingerprint density at radius 3 is 1.88 bits per heavy atom. The fourth-order valence-corrected chi connectivity index (χ4v) is 4.78. The Kier molecular flexibility index (Phi) is 27.0. The van der Waals surface area contributed by atoms with Gasteiger partial charge in [-0.2, -0.15) is 0 Å². The third-order valence-corrected chi connectivity index (χ3v) is 7.43. The monoisotopic (exact) mass is 591 g/mol. The lowest BCUT2D eigenvalue weighted by Crippen LogP contribution is -2.27. The molecule has 3 N–H and O–H groups in total. The van der Waals surface area contributed by atoms with Crippen molar-refractivity contribution in [1.29, 1.82) is 0 Å². The fraction of sp³-hybridized carbons (Fsp3) is 0.867. The molecule has 0 saturated carbocycles. The van der Waals surface area contributed by atoms with Crippen LogP contribution in [0.5, 0.6) is 0 Å². The Labute approximate surface area is 243 Å². The lowest BCUT2D eigenvalue weighted by molar-refractivity contribution is -0.147. The minimum Gasteiger partial charge on any atom is -0.463 e. The van der Waals surface area contributed by atoms with Gasteiger partial charge in [0.1, 0.15) is 12.7 Å². The first-order chi connectivity index (χ1) is 19.3. The van der Waals surface area contributed by atoms with Gasteiger partial charge in [0.2, 0.25) is 5.91 Å². The van der Waals surface area contributed by atoms with Crippen LogP contribution in [0.3, 0.4) is 0 Å². The molecule has 236 valence electrons. The molecule has 0 spiro atoms. The van der Waals surface area contributed by atoms with Gasteiger partial charge in [0.25, 0.3) is 0 Å². The molecular formula is C30H58NO8P. The van der Waals surface area contributed by atoms with E-state index >= 15 is 0 Å². The van der Waals surface area contributed by atoms with Crippen LogP contribution >= 0.6 is 7.82 Å². The van der Waals surface area contributed by atoms with Gasteiger partial charge >= 0.3 is 13.8 Å². The van der Waals surface area contributed by atoms with E-state index in [4.69, 9.17) is 13.8 Å². The van der Waals surface area contributed by atoms with Crippen LogP contribution in [0.15, 0.2) is 12.2 Å². The largest absolute Gasteiger partial charge is 0.472 e. The second-order valence-electron chi connectivity index (χ2n) is 10.4. The summed E-state index contributed by atoms with van der Waals surface area (Å²) in [6.45, 7) is 3.41. The van der Waals surface area contributed by atoms with Crippen molar-refractivity contribution in [3.63, 3.8) is 0 Å². The number of carbonyl (C=O) groups excluding carboxylic acids is 2. The number of amides is 1. The van der Waals surface area contributed by atoms with Crippen molar-refractivity contribution < 1.29 is 37.9 Å². The first kappa shape index (κ1) is 38.8. The molecule has 2 atom stereocenters. The van der Waals surface area contributed by atoms with Crippen LogP contribution in [-0.2, 0) is 27.9 Å². The summed E-state index contributed by atoms with van der Waals surface area (Å²) in [7, 11) is -4.39. The van der Waals surface area contributed by atoms with Crippen molar-refractivity contribution in [3.05, 3.63) is 12.2 Å². The molecule has 0 rings (SSSR count). The SMILES string of the molecule is CCCCCCC/C=C\CCCCCCCC(=O)OCC(O)COP(=O)(O)OCCNC(=O)CCCCCCC. The highest BCUT2D eigenvalue weighted by Gasteiger charge is 2.23. The van der Waals surface area contributed by atoms with Gasteiger partial charge in [0.05, 0.1) is 13.2 Å². The van der Waals surface area contributed by atoms with Crippen molar-refractivity contribution in [1.82, 2.24) is 5.32 Å². The second kappa shape index (κ2) is 27.9. The molecule has 2 unspecified atom stereocenters. The molecule has 0 aromatic carbocycles. The van der Waals surface area contributed by atoms with E-state index in [0.29, 0.717) is 6.42 Å². The summed E-state index contributed by atoms with van der Waals surface area (Å²) in [6.07, 6.45) is 23.2. The second-order valence-corrected chi connectivity index (χ2v) is 11.9. The molecule has 0 aliphatic rings. The minimum absolute atomic E-state index is 0.0815. The van der Waals surface area contributed by atoms with Gasteiger partial charge in [-0.25, -0.2) is 4.57 Å². The smallest absolute Gasteiger partial charge is 0.463 e. The molecule has 0 radical (unpaired) electrons. The summed E-state index contributed by atoms with van der Waals surface area (Å²) in [5, 5.41) is 12.5. The number of carbonyl (C=O) groups is 2. The van der Waals surface area contributed by atoms with Crippen molar-refractivity contribution in [2.45, 2.75) is 142 Å². The molecule has 0 heterocycles. The summed E-state index contributed by atoms with van der Waals surface area (Å²) < 4.78 is 26.5. The Hall–Kier alpha value is -1.25. The van der Waals surface area contributed by atoms with E-state index < -0.39 is 26.5 Å². The first-order valence-corrected chi connectivity index (χ1v) is 17.2. The number of nitrogens with one attached hydrogen (secondary N) is 1. The molecule has 0 aromatic rings. The quantitative estimate of drug-likeness (QED) is 0.0362. The summed E-state index contributed by atoms with van der Waals surface area (Å²) in [6, 6.07) is 0. The molecule has 40 heavy (non-hydrogen) atoms. The van der Waals surface area contributed by atoms with E-state index in [2.05, 4.69) is 31.3 Å². The maximum atomic E-state index is 11.9. The van der Waals surface area contributed by atoms with Gasteiger partial charge in [-0.05, 0) is 38.5 Å². The Balaban J connectivity index is 3.66. The highest BCUT2D eigenvalue weighted by Crippen LogP contribution is 2.42. The third-order valence-electron chi connectivity index (χ3n) is 6.45. The lowest BCUT2D eigenvalue weighted by atomic mass is 10.1. The van der Waals surface area contributed by atoms with Crippen molar-refractivity contribution in [2.75, 3.05) is 26.4 Å². The number of phosphoric ester groups is 1. The van der Waals surface area contributed by atoms with Gasteiger partial charge in [0.15, 0.2) is 0 Å². The molecule has 9 nitrogen and oxygen atoms in total. The number of aliphatic hydroxyl groups excluding tert-OH is 1. The van der Waals surface area contributed by atoms with Crippen LogP contribution in [0.1, 0.15) is 136 Å². The average molecular weight is 592 g/mol. The molecule has 1 amide bonds. The number of phosphoric acid groups is 1. The normalized spacial score (nSPS) is 13.8. The number of ether oxygens (including phenoxy) is 1. The van der Waals surface area contributed by atoms with Crippen LogP contribution in [0.2, 0.25) is 0 Å². The average Bonchev–Trinajstić information content (AvgIpc) is 2.93. The van der Waals surface area contributed by atoms with Crippen molar-refractivity contribution in [3.8, 4) is 0 Å². The predicted molar refractivity (Wildman–Crippen MR) is 160 cm³/mol. The summed E-state index contributed by atoms with van der Waals surface area (Å²) in [5.74, 6) is -0.539. The summed E-state index contributed by atoms with van der Waals surface area (Å²) in [4.78, 5) is 33.3. The number of unbranched alkanes of at least 4 members (excludes halogenated alkanes) is 14. The van der Waals surface area contributed by atoms with E-state index in [-0.39, 0.29) is 32.1 Å². The number of rotatable bonds is 29. The molecule has 0 saturated heterocycles. The molecule has 0 aliphatic heterocycles. The predicted octanol–water partition coefficient (Wildman–Crippen LogP) is 7.15. The minimum atomic E-state index is -4.39. The van der Waals surface area contributed by atoms with Crippen LogP contribution in [0.25, 0.3) is 0 Å². The standard InChI is InChI=1S/C30H58NO8P/c1-3-5-7-9-10-11-12-13-14-15-16-17-19-21-23-30(34)37-26-28(32)27-39-40(35,36)38-25-24-31-29(33)22-20-18-8-6-4-2/h12-13,28,32H,3-11,14-27H2,1-2H3,(H,31,33)(H,35,36)/b13-12-. The molecule has 10 heteroatoms. The maximum Gasteiger partial charge on any atom is 0.472 e. The molecule has 0 aliphatic carbocycles. The van der Waals surface area contributed by atoms with Gasteiger partial charge < -0.3 is 20.1 Å². The summed E-state index contributed by atoms with van der Waals surface area (Å²) in [5.41, 5.74) is 0. The molecular weight excluding hydrogens is 533 g/mol.